The van der Waals surface area contributed by atoms with Gasteiger partial charge in [-0.3, -0.25) is 9.69 Å². The highest BCUT2D eigenvalue weighted by atomic mass is 16.1. The Bertz CT molecular complexity index is 369. The predicted octanol–water partition coefficient (Wildman–Crippen LogP) is 2.52. The fourth-order valence-electron chi connectivity index (χ4n) is 4.00. The highest BCUT2D eigenvalue weighted by Crippen LogP contribution is 2.27. The van der Waals surface area contributed by atoms with Gasteiger partial charge in [-0.05, 0) is 57.9 Å². The summed E-state index contributed by atoms with van der Waals surface area (Å²) in [4.78, 5) is 14.8. The predicted molar refractivity (Wildman–Crippen MR) is 91.6 cm³/mol. The number of hydrogen-bond acceptors (Lipinski definition) is 3. The Hall–Kier alpha value is -0.610. The Morgan fingerprint density at radius 1 is 1.27 bits per heavy atom. The van der Waals surface area contributed by atoms with Crippen molar-refractivity contribution in [2.75, 3.05) is 19.6 Å². The SMILES string of the molecule is CCC1CCCN(C(C)(C)CNC(=O)C[C@@H]2CCC[C@H]2N)C1. The zero-order chi connectivity index (χ0) is 16.2. The second-order valence-corrected chi connectivity index (χ2v) is 8.01. The molecule has 3 N–H and O–H groups in total. The van der Waals surface area contributed by atoms with E-state index in [0.717, 1.165) is 31.8 Å². The molecule has 0 aromatic heterocycles. The molecule has 1 heterocycles. The lowest BCUT2D eigenvalue weighted by atomic mass is 9.91. The van der Waals surface area contributed by atoms with Crippen molar-refractivity contribution in [3.8, 4) is 0 Å². The first-order valence-electron chi connectivity index (χ1n) is 9.19. The number of carbonyl (C=O) groups excluding carboxylic acids is 1. The molecule has 1 saturated heterocycles. The molecule has 1 aliphatic heterocycles. The Kier molecular flexibility index (Phi) is 6.27. The Morgan fingerprint density at radius 2 is 2.05 bits per heavy atom. The van der Waals surface area contributed by atoms with Crippen LogP contribution in [0.25, 0.3) is 0 Å². The lowest BCUT2D eigenvalue weighted by molar-refractivity contribution is -0.122. The minimum Gasteiger partial charge on any atom is -0.354 e. The van der Waals surface area contributed by atoms with E-state index in [0.29, 0.717) is 12.3 Å². The van der Waals surface area contributed by atoms with Crippen molar-refractivity contribution in [3.63, 3.8) is 0 Å². The first kappa shape index (κ1) is 17.7. The summed E-state index contributed by atoms with van der Waals surface area (Å²) in [6.45, 7) is 9.87. The molecule has 4 nitrogen and oxygen atoms in total. The Morgan fingerprint density at radius 3 is 2.68 bits per heavy atom. The summed E-state index contributed by atoms with van der Waals surface area (Å²) in [6, 6.07) is 0.228. The molecular formula is C18H35N3O. The van der Waals surface area contributed by atoms with E-state index < -0.39 is 0 Å². The normalized spacial score (nSPS) is 30.5. The smallest absolute Gasteiger partial charge is 0.220 e. The zero-order valence-electron chi connectivity index (χ0n) is 14.7. The standard InChI is InChI=1S/C18H35N3O/c1-4-14-7-6-10-21(12-14)18(2,3)13-20-17(22)11-15-8-5-9-16(15)19/h14-16H,4-13,19H2,1-3H3,(H,20,22)/t14?,15-,16+/m0/s1. The fourth-order valence-corrected chi connectivity index (χ4v) is 4.00. The molecule has 2 aliphatic rings. The van der Waals surface area contributed by atoms with Gasteiger partial charge in [0.1, 0.15) is 0 Å². The zero-order valence-corrected chi connectivity index (χ0v) is 14.7. The van der Waals surface area contributed by atoms with Crippen molar-refractivity contribution in [2.24, 2.45) is 17.6 Å². The van der Waals surface area contributed by atoms with Crippen LogP contribution < -0.4 is 11.1 Å². The first-order valence-corrected chi connectivity index (χ1v) is 9.19. The summed E-state index contributed by atoms with van der Waals surface area (Å²) in [7, 11) is 0. The summed E-state index contributed by atoms with van der Waals surface area (Å²) in [5, 5.41) is 3.16. The molecule has 128 valence electrons. The van der Waals surface area contributed by atoms with E-state index in [2.05, 4.69) is 31.0 Å². The van der Waals surface area contributed by atoms with E-state index in [1.54, 1.807) is 0 Å². The lowest BCUT2D eigenvalue weighted by Gasteiger charge is -2.43. The number of amides is 1. The van der Waals surface area contributed by atoms with Crippen molar-refractivity contribution in [1.29, 1.82) is 0 Å². The van der Waals surface area contributed by atoms with Gasteiger partial charge >= 0.3 is 0 Å². The van der Waals surface area contributed by atoms with Gasteiger partial charge in [-0.15, -0.1) is 0 Å². The molecule has 22 heavy (non-hydrogen) atoms. The van der Waals surface area contributed by atoms with Gasteiger partial charge in [0.2, 0.25) is 5.91 Å². The van der Waals surface area contributed by atoms with Gasteiger partial charge in [0.25, 0.3) is 0 Å². The Balaban J connectivity index is 1.77. The summed E-state index contributed by atoms with van der Waals surface area (Å²) in [6.07, 6.45) is 7.88. The third-order valence-electron chi connectivity index (χ3n) is 5.84. The molecule has 2 fully saturated rings. The van der Waals surface area contributed by atoms with Crippen LogP contribution in [0.15, 0.2) is 0 Å². The van der Waals surface area contributed by atoms with E-state index in [1.165, 1.54) is 32.2 Å². The number of nitrogens with one attached hydrogen (secondary N) is 1. The third-order valence-corrected chi connectivity index (χ3v) is 5.84. The molecule has 0 aromatic carbocycles. The van der Waals surface area contributed by atoms with Crippen LogP contribution in [0.2, 0.25) is 0 Å². The van der Waals surface area contributed by atoms with Crippen LogP contribution in [0.4, 0.5) is 0 Å². The maximum atomic E-state index is 12.2. The number of hydrogen-bond donors (Lipinski definition) is 2. The first-order chi connectivity index (χ1) is 10.4. The van der Waals surface area contributed by atoms with Gasteiger partial charge in [0, 0.05) is 31.1 Å². The number of carbonyl (C=O) groups is 1. The summed E-state index contributed by atoms with van der Waals surface area (Å²) in [5.74, 6) is 1.39. The van der Waals surface area contributed by atoms with Gasteiger partial charge in [-0.2, -0.15) is 0 Å². The highest BCUT2D eigenvalue weighted by molar-refractivity contribution is 5.76. The van der Waals surface area contributed by atoms with Crippen LogP contribution in [0.1, 0.15) is 65.7 Å². The number of nitrogens with zero attached hydrogens (tertiary/aromatic N) is 1. The molecule has 0 aromatic rings. The maximum absolute atomic E-state index is 12.2. The second kappa shape index (κ2) is 7.78. The van der Waals surface area contributed by atoms with E-state index in [9.17, 15) is 4.79 Å². The van der Waals surface area contributed by atoms with Gasteiger partial charge in [0.05, 0.1) is 0 Å². The summed E-state index contributed by atoms with van der Waals surface area (Å²) < 4.78 is 0. The molecule has 0 radical (unpaired) electrons. The van der Waals surface area contributed by atoms with Crippen LogP contribution in [-0.2, 0) is 4.79 Å². The quantitative estimate of drug-likeness (QED) is 0.792. The monoisotopic (exact) mass is 309 g/mol. The van der Waals surface area contributed by atoms with E-state index >= 15 is 0 Å². The molecule has 0 spiro atoms. The number of nitrogens with two attached hydrogens (primary N) is 1. The third kappa shape index (κ3) is 4.69. The van der Waals surface area contributed by atoms with E-state index in [1.807, 2.05) is 0 Å². The van der Waals surface area contributed by atoms with Crippen molar-refractivity contribution in [3.05, 3.63) is 0 Å². The molecule has 1 aliphatic carbocycles. The molecule has 1 unspecified atom stereocenters. The van der Waals surface area contributed by atoms with Gasteiger partial charge < -0.3 is 11.1 Å². The molecule has 0 bridgehead atoms. The van der Waals surface area contributed by atoms with Crippen LogP contribution in [0.5, 0.6) is 0 Å². The minimum atomic E-state index is 0.0429. The van der Waals surface area contributed by atoms with Crippen LogP contribution in [0.3, 0.4) is 0 Å². The summed E-state index contributed by atoms with van der Waals surface area (Å²) in [5.41, 5.74) is 6.11. The second-order valence-electron chi connectivity index (χ2n) is 8.01. The van der Waals surface area contributed by atoms with Crippen molar-refractivity contribution < 1.29 is 4.79 Å². The van der Waals surface area contributed by atoms with E-state index in [-0.39, 0.29) is 17.5 Å². The molecule has 2 rings (SSSR count). The van der Waals surface area contributed by atoms with Crippen LogP contribution >= 0.6 is 0 Å². The number of likely N-dealkylation sites (tertiary alicyclic amines) is 1. The average Bonchev–Trinajstić information content (AvgIpc) is 2.90. The molecule has 1 saturated carbocycles. The highest BCUT2D eigenvalue weighted by Gasteiger charge is 2.32. The van der Waals surface area contributed by atoms with Crippen LogP contribution in [-0.4, -0.2) is 42.0 Å². The van der Waals surface area contributed by atoms with Crippen molar-refractivity contribution in [1.82, 2.24) is 10.2 Å². The maximum Gasteiger partial charge on any atom is 0.220 e. The molecule has 3 atom stereocenters. The van der Waals surface area contributed by atoms with Crippen molar-refractivity contribution in [2.45, 2.75) is 77.3 Å². The minimum absolute atomic E-state index is 0.0429. The number of piperidine rings is 1. The summed E-state index contributed by atoms with van der Waals surface area (Å²) >= 11 is 0. The molecule has 1 amide bonds. The van der Waals surface area contributed by atoms with E-state index in [4.69, 9.17) is 5.73 Å². The number of rotatable bonds is 6. The van der Waals surface area contributed by atoms with Gasteiger partial charge in [-0.25, -0.2) is 0 Å². The average molecular weight is 309 g/mol. The van der Waals surface area contributed by atoms with Gasteiger partial charge in [0.15, 0.2) is 0 Å². The Labute approximate surface area is 136 Å². The lowest BCUT2D eigenvalue weighted by Crippen LogP contribution is -2.55. The fraction of sp³-hybridized carbons (Fsp3) is 0.944. The largest absolute Gasteiger partial charge is 0.354 e. The molecule has 4 heteroatoms. The molecular weight excluding hydrogens is 274 g/mol. The van der Waals surface area contributed by atoms with Crippen molar-refractivity contribution >= 4 is 5.91 Å². The topological polar surface area (TPSA) is 58.4 Å². The van der Waals surface area contributed by atoms with Crippen LogP contribution in [0, 0.1) is 11.8 Å². The van der Waals surface area contributed by atoms with Gasteiger partial charge in [-0.1, -0.05) is 19.8 Å².